The van der Waals surface area contributed by atoms with Gasteiger partial charge in [-0.1, -0.05) is 0 Å². The van der Waals surface area contributed by atoms with Crippen LogP contribution in [0.25, 0.3) is 5.65 Å². The van der Waals surface area contributed by atoms with Gasteiger partial charge in [0.1, 0.15) is 6.10 Å². The maximum atomic E-state index is 5.67. The van der Waals surface area contributed by atoms with Gasteiger partial charge in [-0.15, -0.1) is 10.2 Å². The molecule has 3 heterocycles. The minimum absolute atomic E-state index is 0.0867. The topological polar surface area (TPSA) is 65.4 Å². The van der Waals surface area contributed by atoms with Gasteiger partial charge < -0.3 is 10.5 Å². The minimum Gasteiger partial charge on any atom is -0.399 e. The van der Waals surface area contributed by atoms with Crippen molar-refractivity contribution in [2.75, 3.05) is 12.3 Å². The van der Waals surface area contributed by atoms with Gasteiger partial charge in [0.05, 0.1) is 0 Å². The molecule has 15 heavy (non-hydrogen) atoms. The van der Waals surface area contributed by atoms with Crippen LogP contribution >= 0.6 is 0 Å². The summed E-state index contributed by atoms with van der Waals surface area (Å²) in [6.07, 6.45) is 4.09. The molecule has 2 N–H and O–H groups in total. The summed E-state index contributed by atoms with van der Waals surface area (Å²) in [6, 6.07) is 3.65. The Balaban J connectivity index is 2.11. The second kappa shape index (κ2) is 3.20. The van der Waals surface area contributed by atoms with Gasteiger partial charge in [-0.05, 0) is 18.9 Å². The summed E-state index contributed by atoms with van der Waals surface area (Å²) >= 11 is 0. The summed E-state index contributed by atoms with van der Waals surface area (Å²) in [5.74, 6) is 0.877. The Bertz CT molecular complexity index is 487. The maximum absolute atomic E-state index is 5.67. The summed E-state index contributed by atoms with van der Waals surface area (Å²) in [4.78, 5) is 0. The number of ether oxygens (including phenoxy) is 1. The van der Waals surface area contributed by atoms with Crippen molar-refractivity contribution in [2.45, 2.75) is 18.9 Å². The number of nitrogens with zero attached hydrogens (tertiary/aromatic N) is 3. The second-order valence-electron chi connectivity index (χ2n) is 3.75. The van der Waals surface area contributed by atoms with E-state index < -0.39 is 0 Å². The van der Waals surface area contributed by atoms with E-state index in [1.54, 1.807) is 0 Å². The van der Waals surface area contributed by atoms with Crippen LogP contribution in [0.5, 0.6) is 0 Å². The first-order valence-corrected chi connectivity index (χ1v) is 5.06. The number of fused-ring (bicyclic) bond motifs is 1. The van der Waals surface area contributed by atoms with Crippen molar-refractivity contribution in [1.29, 1.82) is 0 Å². The average Bonchev–Trinajstić information content (AvgIpc) is 2.82. The van der Waals surface area contributed by atoms with Gasteiger partial charge in [0.25, 0.3) is 0 Å². The number of nitrogens with two attached hydrogens (primary N) is 1. The van der Waals surface area contributed by atoms with E-state index in [0.717, 1.165) is 30.9 Å². The highest BCUT2D eigenvalue weighted by atomic mass is 16.5. The second-order valence-corrected chi connectivity index (χ2v) is 3.75. The van der Waals surface area contributed by atoms with E-state index in [1.165, 1.54) is 0 Å². The summed E-state index contributed by atoms with van der Waals surface area (Å²) < 4.78 is 7.52. The van der Waals surface area contributed by atoms with Crippen LogP contribution in [-0.4, -0.2) is 21.2 Å². The van der Waals surface area contributed by atoms with Crippen LogP contribution in [0.1, 0.15) is 24.8 Å². The highest BCUT2D eigenvalue weighted by Gasteiger charge is 2.22. The van der Waals surface area contributed by atoms with Gasteiger partial charge in [-0.3, -0.25) is 4.40 Å². The fourth-order valence-electron chi connectivity index (χ4n) is 1.93. The molecule has 5 nitrogen and oxygen atoms in total. The van der Waals surface area contributed by atoms with Crippen molar-refractivity contribution >= 4 is 11.3 Å². The van der Waals surface area contributed by atoms with E-state index in [0.29, 0.717) is 5.69 Å². The third kappa shape index (κ3) is 1.35. The van der Waals surface area contributed by atoms with Gasteiger partial charge in [0.2, 0.25) is 0 Å². The van der Waals surface area contributed by atoms with Crippen molar-refractivity contribution < 1.29 is 4.74 Å². The molecule has 0 saturated carbocycles. The van der Waals surface area contributed by atoms with Gasteiger partial charge in [-0.2, -0.15) is 0 Å². The summed E-state index contributed by atoms with van der Waals surface area (Å²) in [7, 11) is 0. The van der Waals surface area contributed by atoms with E-state index in [2.05, 4.69) is 10.2 Å². The number of pyridine rings is 1. The van der Waals surface area contributed by atoms with Crippen molar-refractivity contribution in [1.82, 2.24) is 14.6 Å². The molecule has 0 spiro atoms. The minimum atomic E-state index is 0.0867. The largest absolute Gasteiger partial charge is 0.399 e. The molecule has 5 heteroatoms. The molecule has 1 aliphatic rings. The first-order chi connectivity index (χ1) is 7.34. The third-order valence-electron chi connectivity index (χ3n) is 2.68. The Hall–Kier alpha value is -1.62. The zero-order valence-corrected chi connectivity index (χ0v) is 8.26. The fourth-order valence-corrected chi connectivity index (χ4v) is 1.93. The quantitative estimate of drug-likeness (QED) is 0.757. The lowest BCUT2D eigenvalue weighted by atomic mass is 10.2. The molecule has 2 aromatic heterocycles. The molecule has 1 fully saturated rings. The standard InChI is InChI=1S/C10H12N4O/c11-7-3-4-14-9(6-7)12-13-10(14)8-2-1-5-15-8/h3-4,6,8H,1-2,5,11H2. The highest BCUT2D eigenvalue weighted by Crippen LogP contribution is 2.27. The zero-order valence-electron chi connectivity index (χ0n) is 8.26. The van der Waals surface area contributed by atoms with Crippen LogP contribution in [0.2, 0.25) is 0 Å². The molecule has 1 atom stereocenters. The molecule has 1 unspecified atom stereocenters. The first-order valence-electron chi connectivity index (χ1n) is 5.06. The molecule has 0 aliphatic carbocycles. The molecule has 2 aromatic rings. The van der Waals surface area contributed by atoms with Gasteiger partial charge in [-0.25, -0.2) is 0 Å². The molecule has 1 aliphatic heterocycles. The normalized spacial score (nSPS) is 21.2. The average molecular weight is 204 g/mol. The van der Waals surface area contributed by atoms with E-state index >= 15 is 0 Å². The predicted molar refractivity (Wildman–Crippen MR) is 55.3 cm³/mol. The Kier molecular flexibility index (Phi) is 1.85. The van der Waals surface area contributed by atoms with Crippen LogP contribution in [0.15, 0.2) is 18.3 Å². The molecule has 0 amide bonds. The number of hydrogen-bond donors (Lipinski definition) is 1. The zero-order chi connectivity index (χ0) is 10.3. The Morgan fingerprint density at radius 1 is 1.47 bits per heavy atom. The first kappa shape index (κ1) is 8.67. The number of nitrogen functional groups attached to an aromatic ring is 1. The highest BCUT2D eigenvalue weighted by molar-refractivity contribution is 5.51. The van der Waals surface area contributed by atoms with Crippen LogP contribution in [-0.2, 0) is 4.74 Å². The van der Waals surface area contributed by atoms with E-state index in [4.69, 9.17) is 10.5 Å². The smallest absolute Gasteiger partial charge is 0.166 e. The number of hydrogen-bond acceptors (Lipinski definition) is 4. The number of rotatable bonds is 1. The van der Waals surface area contributed by atoms with Gasteiger partial charge >= 0.3 is 0 Å². The third-order valence-corrected chi connectivity index (χ3v) is 2.68. The fraction of sp³-hybridized carbons (Fsp3) is 0.400. The Morgan fingerprint density at radius 3 is 3.20 bits per heavy atom. The van der Waals surface area contributed by atoms with Crippen molar-refractivity contribution in [2.24, 2.45) is 0 Å². The van der Waals surface area contributed by atoms with Gasteiger partial charge in [0, 0.05) is 24.6 Å². The lowest BCUT2D eigenvalue weighted by Gasteiger charge is -2.06. The predicted octanol–water partition coefficient (Wildman–Crippen LogP) is 1.16. The lowest BCUT2D eigenvalue weighted by Crippen LogP contribution is -2.02. The van der Waals surface area contributed by atoms with Crippen molar-refractivity contribution in [3.05, 3.63) is 24.2 Å². The van der Waals surface area contributed by atoms with E-state index in [-0.39, 0.29) is 6.10 Å². The molecular formula is C10H12N4O. The van der Waals surface area contributed by atoms with E-state index in [1.807, 2.05) is 22.7 Å². The Morgan fingerprint density at radius 2 is 2.40 bits per heavy atom. The molecule has 78 valence electrons. The number of aromatic nitrogens is 3. The molecular weight excluding hydrogens is 192 g/mol. The summed E-state index contributed by atoms with van der Waals surface area (Å²) in [5, 5.41) is 8.23. The number of anilines is 1. The SMILES string of the molecule is Nc1ccn2c(C3CCCO3)nnc2c1. The maximum Gasteiger partial charge on any atom is 0.166 e. The molecule has 3 rings (SSSR count). The van der Waals surface area contributed by atoms with Crippen LogP contribution in [0.3, 0.4) is 0 Å². The lowest BCUT2D eigenvalue weighted by molar-refractivity contribution is 0.104. The molecule has 0 bridgehead atoms. The van der Waals surface area contributed by atoms with Crippen molar-refractivity contribution in [3.63, 3.8) is 0 Å². The van der Waals surface area contributed by atoms with Gasteiger partial charge in [0.15, 0.2) is 11.5 Å². The van der Waals surface area contributed by atoms with Crippen LogP contribution in [0, 0.1) is 0 Å². The Labute approximate surface area is 86.9 Å². The van der Waals surface area contributed by atoms with Crippen LogP contribution < -0.4 is 5.73 Å². The summed E-state index contributed by atoms with van der Waals surface area (Å²) in [5.41, 5.74) is 7.16. The molecule has 0 aromatic carbocycles. The van der Waals surface area contributed by atoms with Crippen LogP contribution in [0.4, 0.5) is 5.69 Å². The summed E-state index contributed by atoms with van der Waals surface area (Å²) in [6.45, 7) is 0.814. The van der Waals surface area contributed by atoms with E-state index in [9.17, 15) is 0 Å². The van der Waals surface area contributed by atoms with Crippen molar-refractivity contribution in [3.8, 4) is 0 Å². The monoisotopic (exact) mass is 204 g/mol. The molecule has 0 radical (unpaired) electrons. The molecule has 1 saturated heterocycles.